The van der Waals surface area contributed by atoms with Crippen molar-refractivity contribution in [1.82, 2.24) is 0 Å². The van der Waals surface area contributed by atoms with Crippen molar-refractivity contribution in [2.45, 2.75) is 26.2 Å². The Morgan fingerprint density at radius 1 is 0.569 bits per heavy atom. The summed E-state index contributed by atoms with van der Waals surface area (Å²) < 4.78 is 45.2. The standard InChI is InChI=1S/C41H37NO3P.ClHO4/c1-31(42)41(43)45-30-33-19-25-36(26-20-33)44-29-32-17-21-34(22-18-32)35-23-27-40(28-24-35)46(37-11-5-2-6-12-37,38-13-7-3-8-14-38)39-15-9-4-10-16-39;2-1(3,4)5/h2-28,31H,29-30,42H2,1H3;(H,2,3,4,5)/q+1;/p-1. The average molecular weight is 722 g/mol. The van der Waals surface area contributed by atoms with Crippen molar-refractivity contribution < 1.29 is 43.1 Å². The van der Waals surface area contributed by atoms with Gasteiger partial charge in [-0.25, -0.2) is 18.6 Å². The SMILES string of the molecule is CC(N)C(=O)OCc1ccc(OCc2ccc(-c3ccc([P+](c4ccccc4)(c4ccccc4)c4ccccc4)cc3)cc2)cc1.[O-][Cl+3]([O-])([O-])[O-]. The first-order valence-electron chi connectivity index (χ1n) is 16.1. The minimum atomic E-state index is -4.94. The zero-order chi connectivity index (χ0) is 36.3. The summed E-state index contributed by atoms with van der Waals surface area (Å²) in [4.78, 5) is 11.6. The lowest BCUT2D eigenvalue weighted by molar-refractivity contribution is -2.00. The van der Waals surface area contributed by atoms with E-state index < -0.39 is 29.5 Å². The molecule has 0 aromatic heterocycles. The van der Waals surface area contributed by atoms with Crippen molar-refractivity contribution in [2.75, 3.05) is 0 Å². The number of ether oxygens (including phenoxy) is 2. The van der Waals surface area contributed by atoms with E-state index in [-0.39, 0.29) is 6.61 Å². The van der Waals surface area contributed by atoms with Gasteiger partial charge in [0.15, 0.2) is 0 Å². The normalized spacial score (nSPS) is 11.9. The molecule has 0 aliphatic carbocycles. The first-order chi connectivity index (χ1) is 24.5. The molecule has 8 nitrogen and oxygen atoms in total. The Kier molecular flexibility index (Phi) is 12.7. The van der Waals surface area contributed by atoms with Crippen LogP contribution in [-0.2, 0) is 22.7 Å². The van der Waals surface area contributed by atoms with Gasteiger partial charge in [-0.3, -0.25) is 4.79 Å². The molecule has 0 aliphatic rings. The van der Waals surface area contributed by atoms with Crippen molar-refractivity contribution >= 4 is 34.4 Å². The second kappa shape index (κ2) is 17.4. The second-order valence-electron chi connectivity index (χ2n) is 11.6. The summed E-state index contributed by atoms with van der Waals surface area (Å²) >= 11 is 0. The van der Waals surface area contributed by atoms with Gasteiger partial charge in [0.25, 0.3) is 0 Å². The topological polar surface area (TPSA) is 154 Å². The number of hydrogen-bond acceptors (Lipinski definition) is 8. The van der Waals surface area contributed by atoms with Crippen LogP contribution in [-0.4, -0.2) is 12.0 Å². The number of benzene rings is 6. The molecule has 0 amide bonds. The van der Waals surface area contributed by atoms with Crippen molar-refractivity contribution in [1.29, 1.82) is 0 Å². The van der Waals surface area contributed by atoms with Crippen molar-refractivity contribution in [3.8, 4) is 16.9 Å². The van der Waals surface area contributed by atoms with E-state index in [2.05, 4.69) is 140 Å². The highest BCUT2D eigenvalue weighted by Gasteiger charge is 2.47. The minimum absolute atomic E-state index is 0.191. The summed E-state index contributed by atoms with van der Waals surface area (Å²) in [6.07, 6.45) is 0. The summed E-state index contributed by atoms with van der Waals surface area (Å²) in [5, 5.41) is 5.33. The maximum Gasteiger partial charge on any atom is 0.322 e. The van der Waals surface area contributed by atoms with E-state index in [9.17, 15) is 4.79 Å². The van der Waals surface area contributed by atoms with Gasteiger partial charge in [0.05, 0.1) is 0 Å². The molecular formula is C41H37ClNO7P. The first kappa shape index (κ1) is 37.4. The maximum atomic E-state index is 11.6. The summed E-state index contributed by atoms with van der Waals surface area (Å²) in [5.74, 6) is 0.338. The molecule has 2 N–H and O–H groups in total. The number of rotatable bonds is 11. The summed E-state index contributed by atoms with van der Waals surface area (Å²) in [5.41, 5.74) is 9.84. The highest BCUT2D eigenvalue weighted by Crippen LogP contribution is 2.54. The molecule has 0 bridgehead atoms. The lowest BCUT2D eigenvalue weighted by atomic mass is 10.0. The first-order valence-corrected chi connectivity index (χ1v) is 19.1. The molecule has 0 aliphatic heterocycles. The Labute approximate surface area is 300 Å². The maximum absolute atomic E-state index is 11.6. The van der Waals surface area contributed by atoms with Gasteiger partial charge in [-0.05, 0) is 89.8 Å². The predicted molar refractivity (Wildman–Crippen MR) is 191 cm³/mol. The van der Waals surface area contributed by atoms with E-state index in [1.54, 1.807) is 6.92 Å². The lowest BCUT2D eigenvalue weighted by Crippen LogP contribution is -2.68. The third-order valence-electron chi connectivity index (χ3n) is 8.05. The van der Waals surface area contributed by atoms with Crippen LogP contribution in [0.3, 0.4) is 0 Å². The van der Waals surface area contributed by atoms with E-state index in [4.69, 9.17) is 33.8 Å². The molecule has 0 saturated heterocycles. The second-order valence-corrected chi connectivity index (χ2v) is 15.8. The fraction of sp³-hybridized carbons (Fsp3) is 0.0976. The number of halogens is 1. The fourth-order valence-electron chi connectivity index (χ4n) is 5.65. The van der Waals surface area contributed by atoms with Gasteiger partial charge in [0, 0.05) is 0 Å². The average Bonchev–Trinajstić information content (AvgIpc) is 3.15. The molecule has 51 heavy (non-hydrogen) atoms. The molecule has 0 radical (unpaired) electrons. The van der Waals surface area contributed by atoms with Gasteiger partial charge in [0.2, 0.25) is 0 Å². The van der Waals surface area contributed by atoms with Crippen LogP contribution in [0.1, 0.15) is 18.1 Å². The summed E-state index contributed by atoms with van der Waals surface area (Å²) in [7, 11) is -7.07. The lowest BCUT2D eigenvalue weighted by Gasteiger charge is -2.27. The number of carbonyl (C=O) groups excluding carboxylic acids is 1. The van der Waals surface area contributed by atoms with Crippen LogP contribution in [0.2, 0.25) is 0 Å². The van der Waals surface area contributed by atoms with Crippen LogP contribution >= 0.6 is 7.26 Å². The van der Waals surface area contributed by atoms with Crippen LogP contribution in [0, 0.1) is 10.2 Å². The van der Waals surface area contributed by atoms with Gasteiger partial charge < -0.3 is 15.2 Å². The Balaban J connectivity index is 0.000000943. The minimum Gasteiger partial charge on any atom is -0.489 e. The van der Waals surface area contributed by atoms with E-state index in [1.807, 2.05) is 24.3 Å². The van der Waals surface area contributed by atoms with Gasteiger partial charge >= 0.3 is 5.97 Å². The molecule has 6 aromatic rings. The highest BCUT2D eigenvalue weighted by atomic mass is 35.7. The van der Waals surface area contributed by atoms with Gasteiger partial charge in [-0.15, -0.1) is 10.2 Å². The Morgan fingerprint density at radius 2 is 0.922 bits per heavy atom. The van der Waals surface area contributed by atoms with Gasteiger partial charge in [0.1, 0.15) is 53.5 Å². The third-order valence-corrected chi connectivity index (χ3v) is 12.3. The van der Waals surface area contributed by atoms with Crippen LogP contribution in [0.25, 0.3) is 11.1 Å². The van der Waals surface area contributed by atoms with Crippen molar-refractivity contribution in [2.24, 2.45) is 5.73 Å². The Hall–Kier alpha value is -4.89. The van der Waals surface area contributed by atoms with Crippen molar-refractivity contribution in [3.63, 3.8) is 0 Å². The van der Waals surface area contributed by atoms with Crippen LogP contribution < -0.4 is 50.3 Å². The zero-order valence-corrected chi connectivity index (χ0v) is 29.5. The number of esters is 1. The largest absolute Gasteiger partial charge is 0.489 e. The molecule has 1 unspecified atom stereocenters. The van der Waals surface area contributed by atoms with Gasteiger partial charge in [-0.2, -0.15) is 0 Å². The fourth-order valence-corrected chi connectivity index (χ4v) is 9.90. The van der Waals surface area contributed by atoms with Crippen molar-refractivity contribution in [3.05, 3.63) is 175 Å². The summed E-state index contributed by atoms with van der Waals surface area (Å²) in [6.45, 7) is 2.25. The Morgan fingerprint density at radius 3 is 1.33 bits per heavy atom. The quantitative estimate of drug-likeness (QED) is 0.158. The zero-order valence-electron chi connectivity index (χ0n) is 27.8. The monoisotopic (exact) mass is 721 g/mol. The smallest absolute Gasteiger partial charge is 0.322 e. The molecule has 10 heteroatoms. The van der Waals surface area contributed by atoms with E-state index >= 15 is 0 Å². The molecular weight excluding hydrogens is 685 g/mol. The summed E-state index contributed by atoms with van der Waals surface area (Å²) in [6, 6.07) is 57.4. The molecule has 0 heterocycles. The van der Waals surface area contributed by atoms with Gasteiger partial charge in [-0.1, -0.05) is 103 Å². The third kappa shape index (κ3) is 10.1. The van der Waals surface area contributed by atoms with Crippen LogP contribution in [0.5, 0.6) is 5.75 Å². The molecule has 0 fully saturated rings. The molecule has 260 valence electrons. The molecule has 1 atom stereocenters. The number of hydrogen-bond donors (Lipinski definition) is 1. The molecule has 0 spiro atoms. The van der Waals surface area contributed by atoms with E-state index in [1.165, 1.54) is 26.8 Å². The van der Waals surface area contributed by atoms with Crippen LogP contribution in [0.4, 0.5) is 0 Å². The predicted octanol–water partition coefficient (Wildman–Crippen LogP) is 2.19. The van der Waals surface area contributed by atoms with E-state index in [0.717, 1.165) is 22.4 Å². The van der Waals surface area contributed by atoms with Crippen LogP contribution in [0.15, 0.2) is 164 Å². The molecule has 6 rings (SSSR count). The Bertz CT molecular complexity index is 1850. The number of nitrogens with two attached hydrogens (primary N) is 1. The molecule has 0 saturated carbocycles. The van der Waals surface area contributed by atoms with E-state index in [0.29, 0.717) is 6.61 Å². The highest BCUT2D eigenvalue weighted by molar-refractivity contribution is 8.01. The number of carbonyl (C=O) groups is 1. The molecule has 6 aromatic carbocycles.